The van der Waals surface area contributed by atoms with E-state index in [1.807, 2.05) is 6.08 Å². The van der Waals surface area contributed by atoms with Crippen molar-refractivity contribution in [3.8, 4) is 0 Å². The first-order valence-corrected chi connectivity index (χ1v) is 11.4. The minimum atomic E-state index is -0.0422. The minimum absolute atomic E-state index is 0.0137. The molecule has 4 atom stereocenters. The molecule has 0 aliphatic heterocycles. The molecule has 3 nitrogen and oxygen atoms in total. The van der Waals surface area contributed by atoms with Crippen LogP contribution in [-0.2, 0) is 14.3 Å². The Kier molecular flexibility index (Phi) is 5.62. The molecule has 4 rings (SSSR count). The van der Waals surface area contributed by atoms with Gasteiger partial charge in [0, 0.05) is 18.3 Å². The van der Waals surface area contributed by atoms with E-state index in [1.54, 1.807) is 0 Å². The number of carbonyl (C=O) groups excluding carboxylic acids is 2. The van der Waals surface area contributed by atoms with Crippen LogP contribution in [0.1, 0.15) is 84.5 Å². The van der Waals surface area contributed by atoms with Gasteiger partial charge in [-0.3, -0.25) is 9.59 Å². The van der Waals surface area contributed by atoms with E-state index in [0.717, 1.165) is 44.9 Å². The summed E-state index contributed by atoms with van der Waals surface area (Å²) in [5.41, 5.74) is 4.15. The number of unbranched alkanes of at least 4 members (excludes halogenated alkanes) is 3. The quantitative estimate of drug-likeness (QED) is 0.427. The molecule has 0 aromatic rings. The topological polar surface area (TPSA) is 43.4 Å². The predicted octanol–water partition coefficient (Wildman–Crippen LogP) is 5.85. The van der Waals surface area contributed by atoms with Crippen LogP contribution in [0.2, 0.25) is 0 Å². The first-order chi connectivity index (χ1) is 13.5. The molecular weight excluding hydrogens is 348 g/mol. The predicted molar refractivity (Wildman–Crippen MR) is 111 cm³/mol. The van der Waals surface area contributed by atoms with Crippen LogP contribution in [0.25, 0.3) is 0 Å². The third-order valence-electron chi connectivity index (χ3n) is 7.67. The Bertz CT molecular complexity index is 741. The number of allylic oxidation sites excluding steroid dienone is 5. The van der Waals surface area contributed by atoms with Crippen LogP contribution >= 0.6 is 0 Å². The highest BCUT2D eigenvalue weighted by Crippen LogP contribution is 2.57. The van der Waals surface area contributed by atoms with Gasteiger partial charge in [-0.2, -0.15) is 0 Å². The van der Waals surface area contributed by atoms with E-state index >= 15 is 0 Å². The lowest BCUT2D eigenvalue weighted by Crippen LogP contribution is -2.40. The maximum Gasteiger partial charge on any atom is 0.306 e. The van der Waals surface area contributed by atoms with E-state index < -0.39 is 0 Å². The number of esters is 1. The maximum atomic E-state index is 12.4. The number of ketones is 1. The monoisotopic (exact) mass is 382 g/mol. The summed E-state index contributed by atoms with van der Waals surface area (Å²) < 4.78 is 6.00. The lowest BCUT2D eigenvalue weighted by molar-refractivity contribution is -0.153. The molecule has 0 saturated heterocycles. The zero-order valence-corrected chi connectivity index (χ0v) is 17.5. The average Bonchev–Trinajstić information content (AvgIpc) is 3.01. The summed E-state index contributed by atoms with van der Waals surface area (Å²) in [5, 5.41) is 0. The van der Waals surface area contributed by atoms with Gasteiger partial charge >= 0.3 is 5.97 Å². The average molecular weight is 383 g/mol. The van der Waals surface area contributed by atoms with Gasteiger partial charge in [0.15, 0.2) is 5.78 Å². The lowest BCUT2D eigenvalue weighted by Gasteiger charge is -2.45. The fourth-order valence-electron chi connectivity index (χ4n) is 6.07. The van der Waals surface area contributed by atoms with Gasteiger partial charge in [-0.25, -0.2) is 0 Å². The summed E-state index contributed by atoms with van der Waals surface area (Å²) >= 11 is 0. The van der Waals surface area contributed by atoms with Crippen molar-refractivity contribution < 1.29 is 14.3 Å². The SMILES string of the molecule is CCCCCCC(=O)O[C@@H]1CC[C@@H]2[C@@H]3CCC4=CC(=O)CCC4=C3C=C[C@]21C. The third kappa shape index (κ3) is 3.53. The van der Waals surface area contributed by atoms with Crippen molar-refractivity contribution >= 4 is 11.8 Å². The molecule has 1 fully saturated rings. The molecule has 0 spiro atoms. The first-order valence-electron chi connectivity index (χ1n) is 11.4. The standard InChI is InChI=1S/C25H34O3/c1-3-4-5-6-7-24(27)28-23-13-12-22-21-10-8-17-16-18(26)9-11-19(17)20(21)14-15-25(22,23)2/h14-16,21-23H,3-13H2,1-2H3/t21-,22-,23-,25-/m1/s1. The summed E-state index contributed by atoms with van der Waals surface area (Å²) in [5.74, 6) is 1.38. The highest BCUT2D eigenvalue weighted by Gasteiger charge is 2.53. The minimum Gasteiger partial charge on any atom is -0.461 e. The van der Waals surface area contributed by atoms with Gasteiger partial charge < -0.3 is 4.74 Å². The van der Waals surface area contributed by atoms with Crippen molar-refractivity contribution in [1.29, 1.82) is 0 Å². The summed E-state index contributed by atoms with van der Waals surface area (Å²) in [6.07, 6.45) is 17.4. The van der Waals surface area contributed by atoms with Crippen molar-refractivity contribution in [2.45, 2.75) is 90.6 Å². The summed E-state index contributed by atoms with van der Waals surface area (Å²) in [6.45, 7) is 4.49. The molecule has 4 aliphatic carbocycles. The number of hydrogen-bond donors (Lipinski definition) is 0. The second-order valence-corrected chi connectivity index (χ2v) is 9.39. The molecule has 0 aromatic carbocycles. The van der Waals surface area contributed by atoms with E-state index in [0.29, 0.717) is 24.7 Å². The van der Waals surface area contributed by atoms with E-state index in [1.165, 1.54) is 29.6 Å². The third-order valence-corrected chi connectivity index (χ3v) is 7.67. The van der Waals surface area contributed by atoms with Gasteiger partial charge in [0.25, 0.3) is 0 Å². The molecule has 0 amide bonds. The van der Waals surface area contributed by atoms with E-state index in [4.69, 9.17) is 4.74 Å². The summed E-state index contributed by atoms with van der Waals surface area (Å²) in [7, 11) is 0. The highest BCUT2D eigenvalue weighted by molar-refractivity contribution is 5.93. The van der Waals surface area contributed by atoms with Gasteiger partial charge in [0.2, 0.25) is 0 Å². The second kappa shape index (κ2) is 8.00. The largest absolute Gasteiger partial charge is 0.461 e. The van der Waals surface area contributed by atoms with Gasteiger partial charge in [-0.05, 0) is 73.2 Å². The van der Waals surface area contributed by atoms with Crippen molar-refractivity contribution in [3.05, 3.63) is 34.9 Å². The fraction of sp³-hybridized carbons (Fsp3) is 0.680. The van der Waals surface area contributed by atoms with Crippen molar-refractivity contribution in [1.82, 2.24) is 0 Å². The van der Waals surface area contributed by atoms with Crippen molar-refractivity contribution in [2.24, 2.45) is 17.3 Å². The number of carbonyl (C=O) groups is 2. The van der Waals surface area contributed by atoms with Crippen LogP contribution in [0, 0.1) is 17.3 Å². The highest BCUT2D eigenvalue weighted by atomic mass is 16.5. The number of rotatable bonds is 6. The molecule has 152 valence electrons. The van der Waals surface area contributed by atoms with E-state index in [2.05, 4.69) is 26.0 Å². The Morgan fingerprint density at radius 1 is 1.14 bits per heavy atom. The fourth-order valence-corrected chi connectivity index (χ4v) is 6.07. The molecule has 0 N–H and O–H groups in total. The van der Waals surface area contributed by atoms with Gasteiger partial charge in [-0.15, -0.1) is 0 Å². The molecule has 1 saturated carbocycles. The van der Waals surface area contributed by atoms with Crippen LogP contribution in [0.3, 0.4) is 0 Å². The van der Waals surface area contributed by atoms with Gasteiger partial charge in [0.1, 0.15) is 6.10 Å². The molecule has 4 aliphatic rings. The van der Waals surface area contributed by atoms with Gasteiger partial charge in [-0.1, -0.05) is 45.3 Å². The Hall–Kier alpha value is -1.64. The molecule has 3 heteroatoms. The summed E-state index contributed by atoms with van der Waals surface area (Å²) in [6, 6.07) is 0. The molecule has 0 unspecified atom stereocenters. The number of ether oxygens (including phenoxy) is 1. The van der Waals surface area contributed by atoms with Crippen LogP contribution < -0.4 is 0 Å². The lowest BCUT2D eigenvalue weighted by atomic mass is 9.60. The second-order valence-electron chi connectivity index (χ2n) is 9.39. The molecule has 0 radical (unpaired) electrons. The number of fused-ring (bicyclic) bond motifs is 4. The Balaban J connectivity index is 1.49. The normalized spacial score (nSPS) is 33.9. The molecular formula is C25H34O3. The smallest absolute Gasteiger partial charge is 0.306 e. The number of hydrogen-bond acceptors (Lipinski definition) is 3. The van der Waals surface area contributed by atoms with Crippen LogP contribution in [0.15, 0.2) is 34.9 Å². The molecule has 0 bridgehead atoms. The first kappa shape index (κ1) is 19.7. The summed E-state index contributed by atoms with van der Waals surface area (Å²) in [4.78, 5) is 24.2. The molecule has 28 heavy (non-hydrogen) atoms. The molecule has 0 aromatic heterocycles. The van der Waals surface area contributed by atoms with E-state index in [9.17, 15) is 9.59 Å². The Labute approximate surface area is 169 Å². The van der Waals surface area contributed by atoms with E-state index in [-0.39, 0.29) is 23.3 Å². The van der Waals surface area contributed by atoms with Crippen molar-refractivity contribution in [2.75, 3.05) is 0 Å². The van der Waals surface area contributed by atoms with Crippen LogP contribution in [0.5, 0.6) is 0 Å². The van der Waals surface area contributed by atoms with Crippen LogP contribution in [0.4, 0.5) is 0 Å². The Morgan fingerprint density at radius 2 is 2.00 bits per heavy atom. The van der Waals surface area contributed by atoms with Crippen LogP contribution in [-0.4, -0.2) is 17.9 Å². The zero-order chi connectivity index (χ0) is 19.7. The maximum absolute atomic E-state index is 12.4. The van der Waals surface area contributed by atoms with Gasteiger partial charge in [0.05, 0.1) is 0 Å². The Morgan fingerprint density at radius 3 is 2.82 bits per heavy atom. The van der Waals surface area contributed by atoms with Crippen molar-refractivity contribution in [3.63, 3.8) is 0 Å². The zero-order valence-electron chi connectivity index (χ0n) is 17.5. The molecule has 0 heterocycles.